The summed E-state index contributed by atoms with van der Waals surface area (Å²) in [7, 11) is 0. The Morgan fingerprint density at radius 1 is 1.30 bits per heavy atom. The lowest BCUT2D eigenvalue weighted by Gasteiger charge is -2.23. The number of carboxylic acids is 1. The number of rotatable bonds is 3. The van der Waals surface area contributed by atoms with Gasteiger partial charge in [0.1, 0.15) is 0 Å². The maximum absolute atomic E-state index is 10.8. The molecule has 0 aliphatic carbocycles. The second-order valence-corrected chi connectivity index (χ2v) is 5.03. The van der Waals surface area contributed by atoms with Crippen LogP contribution >= 0.6 is 0 Å². The zero-order valence-electron chi connectivity index (χ0n) is 11.0. The molecule has 1 aliphatic rings. The van der Waals surface area contributed by atoms with Crippen LogP contribution in [0.5, 0.6) is 0 Å². The molecule has 104 valence electrons. The average molecular weight is 272 g/mol. The van der Waals surface area contributed by atoms with Crippen LogP contribution in [0.3, 0.4) is 0 Å². The third-order valence-electron chi connectivity index (χ3n) is 3.71. The number of aromatic carboxylic acids is 1. The zero-order valence-corrected chi connectivity index (χ0v) is 11.0. The number of nitrogens with one attached hydrogen (secondary N) is 1. The first-order valence-electron chi connectivity index (χ1n) is 6.75. The molecule has 0 spiro atoms. The van der Waals surface area contributed by atoms with E-state index in [9.17, 15) is 4.79 Å². The van der Waals surface area contributed by atoms with E-state index in [2.05, 4.69) is 22.6 Å². The Balaban J connectivity index is 1.87. The van der Waals surface area contributed by atoms with E-state index in [1.165, 1.54) is 11.6 Å². The molecule has 5 heteroatoms. The number of carbonyl (C=O) groups is 1. The SMILES string of the molecule is O=C(O)c1cc(-c2cccc(C3CCNCC3)c2)on1. The Hall–Kier alpha value is -2.14. The summed E-state index contributed by atoms with van der Waals surface area (Å²) in [6.07, 6.45) is 2.25. The summed E-state index contributed by atoms with van der Waals surface area (Å²) in [6.45, 7) is 2.08. The van der Waals surface area contributed by atoms with Gasteiger partial charge in [-0.25, -0.2) is 4.79 Å². The Kier molecular flexibility index (Phi) is 3.52. The van der Waals surface area contributed by atoms with Crippen LogP contribution in [0, 0.1) is 0 Å². The lowest BCUT2D eigenvalue weighted by molar-refractivity contribution is 0.0686. The molecule has 2 N–H and O–H groups in total. The van der Waals surface area contributed by atoms with E-state index in [1.807, 2.05) is 12.1 Å². The van der Waals surface area contributed by atoms with E-state index < -0.39 is 5.97 Å². The summed E-state index contributed by atoms with van der Waals surface area (Å²) in [6, 6.07) is 9.55. The molecule has 0 saturated carbocycles. The number of nitrogens with zero attached hydrogens (tertiary/aromatic N) is 1. The van der Waals surface area contributed by atoms with Crippen LogP contribution in [-0.2, 0) is 0 Å². The normalized spacial score (nSPS) is 16.2. The minimum absolute atomic E-state index is 0.0627. The van der Waals surface area contributed by atoms with E-state index >= 15 is 0 Å². The van der Waals surface area contributed by atoms with Crippen molar-refractivity contribution in [3.8, 4) is 11.3 Å². The molecule has 5 nitrogen and oxygen atoms in total. The smallest absolute Gasteiger partial charge is 0.358 e. The molecule has 0 unspecified atom stereocenters. The molecule has 0 atom stereocenters. The summed E-state index contributed by atoms with van der Waals surface area (Å²) >= 11 is 0. The van der Waals surface area contributed by atoms with Gasteiger partial charge in [0.05, 0.1) is 0 Å². The van der Waals surface area contributed by atoms with Gasteiger partial charge in [-0.2, -0.15) is 0 Å². The highest BCUT2D eigenvalue weighted by molar-refractivity contribution is 5.86. The third kappa shape index (κ3) is 2.58. The van der Waals surface area contributed by atoms with Gasteiger partial charge < -0.3 is 14.9 Å². The molecule has 1 aromatic carbocycles. The van der Waals surface area contributed by atoms with E-state index in [4.69, 9.17) is 9.63 Å². The number of hydrogen-bond donors (Lipinski definition) is 2. The van der Waals surface area contributed by atoms with Gasteiger partial charge >= 0.3 is 5.97 Å². The lowest BCUT2D eigenvalue weighted by Crippen LogP contribution is -2.26. The third-order valence-corrected chi connectivity index (χ3v) is 3.71. The van der Waals surface area contributed by atoms with Crippen LogP contribution in [-0.4, -0.2) is 29.3 Å². The molecule has 20 heavy (non-hydrogen) atoms. The summed E-state index contributed by atoms with van der Waals surface area (Å²) in [5.74, 6) is -0.0224. The van der Waals surface area contributed by atoms with Crippen LogP contribution in [0.2, 0.25) is 0 Å². The average Bonchev–Trinajstić information content (AvgIpc) is 2.98. The Labute approximate surface area is 116 Å². The van der Waals surface area contributed by atoms with Crippen molar-refractivity contribution in [2.24, 2.45) is 0 Å². The molecule has 1 saturated heterocycles. The van der Waals surface area contributed by atoms with Crippen molar-refractivity contribution in [2.75, 3.05) is 13.1 Å². The highest BCUT2D eigenvalue weighted by Gasteiger charge is 2.17. The fourth-order valence-corrected chi connectivity index (χ4v) is 2.61. The minimum atomic E-state index is -1.07. The van der Waals surface area contributed by atoms with E-state index in [0.717, 1.165) is 31.5 Å². The largest absolute Gasteiger partial charge is 0.476 e. The van der Waals surface area contributed by atoms with Gasteiger partial charge in [-0.1, -0.05) is 23.4 Å². The zero-order chi connectivity index (χ0) is 13.9. The topological polar surface area (TPSA) is 75.4 Å². The van der Waals surface area contributed by atoms with Gasteiger partial charge in [-0.05, 0) is 43.5 Å². The van der Waals surface area contributed by atoms with E-state index in [0.29, 0.717) is 11.7 Å². The summed E-state index contributed by atoms with van der Waals surface area (Å²) in [5, 5.41) is 15.8. The monoisotopic (exact) mass is 272 g/mol. The number of aromatic nitrogens is 1. The van der Waals surface area contributed by atoms with Gasteiger partial charge in [0.25, 0.3) is 0 Å². The molecular formula is C15H16N2O3. The first-order chi connectivity index (χ1) is 9.74. The van der Waals surface area contributed by atoms with Crippen LogP contribution in [0.1, 0.15) is 34.8 Å². The van der Waals surface area contributed by atoms with Crippen LogP contribution in [0.15, 0.2) is 34.9 Å². The minimum Gasteiger partial charge on any atom is -0.476 e. The fourth-order valence-electron chi connectivity index (χ4n) is 2.61. The lowest BCUT2D eigenvalue weighted by atomic mass is 9.89. The second-order valence-electron chi connectivity index (χ2n) is 5.03. The maximum atomic E-state index is 10.8. The predicted molar refractivity (Wildman–Crippen MR) is 73.7 cm³/mol. The van der Waals surface area contributed by atoms with Gasteiger partial charge in [0.2, 0.25) is 0 Å². The molecular weight excluding hydrogens is 256 g/mol. The summed E-state index contributed by atoms with van der Waals surface area (Å²) in [5.41, 5.74) is 2.09. The first-order valence-corrected chi connectivity index (χ1v) is 6.75. The van der Waals surface area contributed by atoms with Gasteiger partial charge in [-0.3, -0.25) is 0 Å². The number of hydrogen-bond acceptors (Lipinski definition) is 4. The van der Waals surface area contributed by atoms with Crippen molar-refractivity contribution >= 4 is 5.97 Å². The predicted octanol–water partition coefficient (Wildman–Crippen LogP) is 2.51. The standard InChI is InChI=1S/C15H16N2O3/c18-15(19)13-9-14(20-17-13)12-3-1-2-11(8-12)10-4-6-16-7-5-10/h1-3,8-10,16H,4-7H2,(H,18,19). The maximum Gasteiger partial charge on any atom is 0.358 e. The van der Waals surface area contributed by atoms with Crippen molar-refractivity contribution < 1.29 is 14.4 Å². The van der Waals surface area contributed by atoms with Crippen LogP contribution in [0.25, 0.3) is 11.3 Å². The molecule has 1 aliphatic heterocycles. The van der Waals surface area contributed by atoms with Gasteiger partial charge in [-0.15, -0.1) is 0 Å². The van der Waals surface area contributed by atoms with Crippen LogP contribution in [0.4, 0.5) is 0 Å². The molecule has 0 bridgehead atoms. The fraction of sp³-hybridized carbons (Fsp3) is 0.333. The van der Waals surface area contributed by atoms with Crippen molar-refractivity contribution in [2.45, 2.75) is 18.8 Å². The second kappa shape index (κ2) is 5.46. The molecule has 2 aromatic rings. The number of carboxylic acid groups (broad SMARTS) is 1. The van der Waals surface area contributed by atoms with Crippen LogP contribution < -0.4 is 5.32 Å². The van der Waals surface area contributed by atoms with Crippen molar-refractivity contribution in [1.82, 2.24) is 10.5 Å². The molecule has 0 radical (unpaired) electrons. The Morgan fingerprint density at radius 2 is 2.10 bits per heavy atom. The summed E-state index contributed by atoms with van der Waals surface area (Å²) in [4.78, 5) is 10.8. The van der Waals surface area contributed by atoms with E-state index in [-0.39, 0.29) is 5.69 Å². The first kappa shape index (κ1) is 12.9. The highest BCUT2D eigenvalue weighted by atomic mass is 16.5. The molecule has 2 heterocycles. The number of benzene rings is 1. The Morgan fingerprint density at radius 3 is 2.80 bits per heavy atom. The van der Waals surface area contributed by atoms with Gasteiger partial charge in [0, 0.05) is 11.6 Å². The number of piperidine rings is 1. The van der Waals surface area contributed by atoms with Crippen molar-refractivity contribution in [3.63, 3.8) is 0 Å². The molecule has 1 fully saturated rings. The Bertz CT molecular complexity index is 615. The molecule has 3 rings (SSSR count). The van der Waals surface area contributed by atoms with E-state index in [1.54, 1.807) is 0 Å². The van der Waals surface area contributed by atoms with Crippen molar-refractivity contribution in [3.05, 3.63) is 41.6 Å². The summed E-state index contributed by atoms with van der Waals surface area (Å²) < 4.78 is 5.11. The quantitative estimate of drug-likeness (QED) is 0.898. The highest BCUT2D eigenvalue weighted by Crippen LogP contribution is 2.29. The van der Waals surface area contributed by atoms with Gasteiger partial charge in [0.15, 0.2) is 11.5 Å². The van der Waals surface area contributed by atoms with Crippen molar-refractivity contribution in [1.29, 1.82) is 0 Å². The molecule has 0 amide bonds. The molecule has 1 aromatic heterocycles.